The normalized spacial score (nSPS) is 15.0. The van der Waals surface area contributed by atoms with E-state index in [-0.39, 0.29) is 11.8 Å². The van der Waals surface area contributed by atoms with Crippen LogP contribution in [-0.2, 0) is 19.1 Å². The van der Waals surface area contributed by atoms with Crippen molar-refractivity contribution in [3.8, 4) is 0 Å². The Morgan fingerprint density at radius 2 is 1.67 bits per heavy atom. The molecule has 8 nitrogen and oxygen atoms in total. The summed E-state index contributed by atoms with van der Waals surface area (Å²) in [5, 5.41) is 14.6. The molecule has 3 atom stereocenters. The molecule has 0 aliphatic rings. The van der Waals surface area contributed by atoms with Crippen LogP contribution in [0, 0.1) is 17.3 Å². The first-order valence-corrected chi connectivity index (χ1v) is 9.54. The van der Waals surface area contributed by atoms with Crippen molar-refractivity contribution >= 4 is 17.7 Å². The molecule has 0 bridgehead atoms. The average Bonchev–Trinajstić information content (AvgIpc) is 2.57. The lowest BCUT2D eigenvalue weighted by Gasteiger charge is -2.33. The number of methoxy groups -OCH3 is 1. The van der Waals surface area contributed by atoms with Crippen molar-refractivity contribution in [2.24, 2.45) is 17.3 Å². The van der Waals surface area contributed by atoms with E-state index in [0.29, 0.717) is 13.0 Å². The van der Waals surface area contributed by atoms with Crippen LogP contribution in [0.25, 0.3) is 0 Å². The van der Waals surface area contributed by atoms with E-state index in [4.69, 9.17) is 9.94 Å². The largest absolute Gasteiger partial charge is 0.371 e. The van der Waals surface area contributed by atoms with Gasteiger partial charge in [0.25, 0.3) is 5.91 Å². The van der Waals surface area contributed by atoms with E-state index in [1.165, 1.54) is 7.11 Å². The van der Waals surface area contributed by atoms with Gasteiger partial charge in [-0.25, -0.2) is 5.48 Å². The molecule has 0 saturated heterocycles. The molecule has 27 heavy (non-hydrogen) atoms. The summed E-state index contributed by atoms with van der Waals surface area (Å²) >= 11 is 0. The zero-order valence-electron chi connectivity index (χ0n) is 17.7. The number of hydroxylamine groups is 1. The average molecular weight is 388 g/mol. The Bertz CT molecular complexity index is 488. The van der Waals surface area contributed by atoms with Crippen LogP contribution in [0.15, 0.2) is 0 Å². The third kappa shape index (κ3) is 8.71. The molecule has 0 aliphatic heterocycles. The molecule has 0 rings (SSSR count). The van der Waals surface area contributed by atoms with Gasteiger partial charge < -0.3 is 15.4 Å². The SMILES string of the molecule is CCCCNC(=O)C(NC(=O)[C@H](CC(C)C)[C@H](OC)C(=O)NO)C(C)(C)C. The zero-order chi connectivity index (χ0) is 21.2. The van der Waals surface area contributed by atoms with Gasteiger partial charge in [0, 0.05) is 13.7 Å². The molecule has 0 radical (unpaired) electrons. The molecule has 158 valence electrons. The number of unbranched alkanes of at least 4 members (excludes halogenated alkanes) is 1. The number of nitrogens with one attached hydrogen (secondary N) is 3. The summed E-state index contributed by atoms with van der Waals surface area (Å²) in [5.74, 6) is -2.23. The molecule has 0 aliphatic carbocycles. The van der Waals surface area contributed by atoms with Crippen molar-refractivity contribution in [1.29, 1.82) is 0 Å². The summed E-state index contributed by atoms with van der Waals surface area (Å²) in [7, 11) is 1.30. The monoisotopic (exact) mass is 387 g/mol. The molecular formula is C19H37N3O5. The highest BCUT2D eigenvalue weighted by Crippen LogP contribution is 2.23. The number of rotatable bonds is 11. The first-order chi connectivity index (χ1) is 12.5. The number of carbonyl (C=O) groups excluding carboxylic acids is 3. The second-order valence-corrected chi connectivity index (χ2v) is 8.32. The Hall–Kier alpha value is -1.67. The van der Waals surface area contributed by atoms with E-state index in [0.717, 1.165) is 12.8 Å². The van der Waals surface area contributed by atoms with E-state index >= 15 is 0 Å². The van der Waals surface area contributed by atoms with Crippen LogP contribution in [0.2, 0.25) is 0 Å². The Morgan fingerprint density at radius 3 is 2.07 bits per heavy atom. The first-order valence-electron chi connectivity index (χ1n) is 9.54. The summed E-state index contributed by atoms with van der Waals surface area (Å²) in [6.07, 6.45) is 1.02. The fraction of sp³-hybridized carbons (Fsp3) is 0.842. The maximum Gasteiger partial charge on any atom is 0.273 e. The van der Waals surface area contributed by atoms with Crippen molar-refractivity contribution in [3.63, 3.8) is 0 Å². The molecule has 8 heteroatoms. The van der Waals surface area contributed by atoms with Gasteiger partial charge in [0.2, 0.25) is 11.8 Å². The molecule has 4 N–H and O–H groups in total. The minimum atomic E-state index is -1.15. The lowest BCUT2D eigenvalue weighted by Crippen LogP contribution is -2.57. The molecular weight excluding hydrogens is 350 g/mol. The van der Waals surface area contributed by atoms with Crippen molar-refractivity contribution in [2.45, 2.75) is 73.0 Å². The molecule has 3 amide bonds. The third-order valence-electron chi connectivity index (χ3n) is 4.29. The highest BCUT2D eigenvalue weighted by molar-refractivity contribution is 5.92. The minimum absolute atomic E-state index is 0.108. The van der Waals surface area contributed by atoms with Crippen LogP contribution in [0.3, 0.4) is 0 Å². The van der Waals surface area contributed by atoms with Gasteiger partial charge in [0.05, 0.1) is 5.92 Å². The Kier molecular flexibility index (Phi) is 11.2. The predicted molar refractivity (Wildman–Crippen MR) is 103 cm³/mol. The highest BCUT2D eigenvalue weighted by atomic mass is 16.5. The number of hydrogen-bond acceptors (Lipinski definition) is 5. The third-order valence-corrected chi connectivity index (χ3v) is 4.29. The lowest BCUT2D eigenvalue weighted by atomic mass is 9.84. The zero-order valence-corrected chi connectivity index (χ0v) is 17.7. The summed E-state index contributed by atoms with van der Waals surface area (Å²) in [6.45, 7) is 12.0. The summed E-state index contributed by atoms with van der Waals surface area (Å²) in [5.41, 5.74) is 1.02. The van der Waals surface area contributed by atoms with Gasteiger partial charge in [0.15, 0.2) is 0 Å². The second kappa shape index (κ2) is 11.9. The lowest BCUT2D eigenvalue weighted by molar-refractivity contribution is -0.150. The summed E-state index contributed by atoms with van der Waals surface area (Å²) in [6, 6.07) is -0.758. The van der Waals surface area contributed by atoms with Gasteiger partial charge in [-0.1, -0.05) is 48.0 Å². The van der Waals surface area contributed by atoms with Crippen LogP contribution in [0.4, 0.5) is 0 Å². The molecule has 0 heterocycles. The fourth-order valence-electron chi connectivity index (χ4n) is 2.81. The second-order valence-electron chi connectivity index (χ2n) is 8.32. The van der Waals surface area contributed by atoms with Crippen molar-refractivity contribution in [2.75, 3.05) is 13.7 Å². The molecule has 0 aromatic rings. The topological polar surface area (TPSA) is 117 Å². The Labute approximate surface area is 162 Å². The quantitative estimate of drug-likeness (QED) is 0.244. The number of ether oxygens (including phenoxy) is 1. The molecule has 0 fully saturated rings. The smallest absolute Gasteiger partial charge is 0.273 e. The van der Waals surface area contributed by atoms with Crippen LogP contribution in [0.5, 0.6) is 0 Å². The van der Waals surface area contributed by atoms with Crippen LogP contribution in [0.1, 0.15) is 60.8 Å². The van der Waals surface area contributed by atoms with Crippen LogP contribution >= 0.6 is 0 Å². The fourth-order valence-corrected chi connectivity index (χ4v) is 2.81. The maximum absolute atomic E-state index is 13.0. The van der Waals surface area contributed by atoms with Gasteiger partial charge in [-0.3, -0.25) is 19.6 Å². The van der Waals surface area contributed by atoms with E-state index in [1.54, 1.807) is 5.48 Å². The van der Waals surface area contributed by atoms with Crippen LogP contribution in [-0.4, -0.2) is 48.7 Å². The Morgan fingerprint density at radius 1 is 1.07 bits per heavy atom. The standard InChI is InChI=1S/C19H37N3O5/c1-8-9-10-20-18(25)15(19(4,5)6)21-16(23)13(11-12(2)3)14(27-7)17(24)22-26/h12-15,26H,8-11H2,1-7H3,(H,20,25)(H,21,23)(H,22,24)/t13-,14+,15?/m1/s1. The Balaban J connectivity index is 5.47. The molecule has 0 spiro atoms. The number of carbonyl (C=O) groups is 3. The number of amides is 3. The summed E-state index contributed by atoms with van der Waals surface area (Å²) < 4.78 is 5.16. The number of hydrogen-bond donors (Lipinski definition) is 4. The van der Waals surface area contributed by atoms with Crippen molar-refractivity contribution in [3.05, 3.63) is 0 Å². The first kappa shape index (κ1) is 25.3. The van der Waals surface area contributed by atoms with Crippen molar-refractivity contribution < 1.29 is 24.3 Å². The van der Waals surface area contributed by atoms with E-state index < -0.39 is 35.3 Å². The van der Waals surface area contributed by atoms with Gasteiger partial charge in [-0.2, -0.15) is 0 Å². The maximum atomic E-state index is 13.0. The molecule has 0 aromatic carbocycles. The van der Waals surface area contributed by atoms with Gasteiger partial charge in [-0.15, -0.1) is 0 Å². The highest BCUT2D eigenvalue weighted by Gasteiger charge is 2.39. The van der Waals surface area contributed by atoms with Crippen molar-refractivity contribution in [1.82, 2.24) is 16.1 Å². The minimum Gasteiger partial charge on any atom is -0.371 e. The van der Waals surface area contributed by atoms with E-state index in [9.17, 15) is 14.4 Å². The van der Waals surface area contributed by atoms with E-state index in [1.807, 2.05) is 41.5 Å². The van der Waals surface area contributed by atoms with Crippen LogP contribution < -0.4 is 16.1 Å². The molecule has 0 aromatic heterocycles. The van der Waals surface area contributed by atoms with Gasteiger partial charge >= 0.3 is 0 Å². The van der Waals surface area contributed by atoms with Gasteiger partial charge in [0.1, 0.15) is 12.1 Å². The summed E-state index contributed by atoms with van der Waals surface area (Å²) in [4.78, 5) is 37.5. The van der Waals surface area contributed by atoms with Gasteiger partial charge in [-0.05, 0) is 24.2 Å². The van der Waals surface area contributed by atoms with E-state index in [2.05, 4.69) is 10.6 Å². The molecule has 0 saturated carbocycles. The molecule has 1 unspecified atom stereocenters. The predicted octanol–water partition coefficient (Wildman–Crippen LogP) is 1.62.